The number of unbranched alkanes of at least 4 members (excludes halogenated alkanes) is 3. The van der Waals surface area contributed by atoms with Crippen molar-refractivity contribution in [3.05, 3.63) is 5.01 Å². The number of aromatic nitrogens is 2. The van der Waals surface area contributed by atoms with Gasteiger partial charge in [0.25, 0.3) is 0 Å². The number of amides is 2. The molecule has 25 heavy (non-hydrogen) atoms. The van der Waals surface area contributed by atoms with Crippen LogP contribution in [0.2, 0.25) is 0 Å². The molecule has 0 bridgehead atoms. The largest absolute Gasteiger partial charge is 0.332 e. The maximum atomic E-state index is 12.5. The smallest absolute Gasteiger partial charge is 0.320 e. The van der Waals surface area contributed by atoms with Crippen LogP contribution in [0.4, 0.5) is 9.93 Å². The molecule has 2 heterocycles. The zero-order valence-corrected chi connectivity index (χ0v) is 16.2. The average Bonchev–Trinajstić information content (AvgIpc) is 3.21. The van der Waals surface area contributed by atoms with Gasteiger partial charge in [-0.25, -0.2) is 9.69 Å². The van der Waals surface area contributed by atoms with Gasteiger partial charge >= 0.3 is 6.03 Å². The van der Waals surface area contributed by atoms with Crippen molar-refractivity contribution in [2.24, 2.45) is 4.99 Å². The van der Waals surface area contributed by atoms with Crippen LogP contribution in [0.3, 0.4) is 0 Å². The SMILES string of the molecule is CCCCCCN=C1CN(C)C(=O)N1c1nnc(C2CCCCC2)s1. The molecule has 0 spiro atoms. The fourth-order valence-electron chi connectivity index (χ4n) is 3.52. The van der Waals surface area contributed by atoms with Crippen molar-refractivity contribution in [2.75, 3.05) is 25.0 Å². The fraction of sp³-hybridized carbons (Fsp3) is 0.778. The van der Waals surface area contributed by atoms with Gasteiger partial charge in [-0.2, -0.15) is 0 Å². The molecule has 0 unspecified atom stereocenters. The predicted octanol–water partition coefficient (Wildman–Crippen LogP) is 4.44. The summed E-state index contributed by atoms with van der Waals surface area (Å²) in [5, 5.41) is 10.5. The summed E-state index contributed by atoms with van der Waals surface area (Å²) >= 11 is 1.57. The van der Waals surface area contributed by atoms with Crippen molar-refractivity contribution in [3.8, 4) is 0 Å². The Morgan fingerprint density at radius 2 is 1.96 bits per heavy atom. The van der Waals surface area contributed by atoms with E-state index in [2.05, 4.69) is 17.1 Å². The Labute approximate surface area is 154 Å². The van der Waals surface area contributed by atoms with Crippen molar-refractivity contribution >= 4 is 28.3 Å². The summed E-state index contributed by atoms with van der Waals surface area (Å²) in [4.78, 5) is 20.6. The summed E-state index contributed by atoms with van der Waals surface area (Å²) in [5.41, 5.74) is 0. The highest BCUT2D eigenvalue weighted by Gasteiger charge is 2.36. The second-order valence-corrected chi connectivity index (χ2v) is 8.08. The third-order valence-electron chi connectivity index (χ3n) is 5.04. The van der Waals surface area contributed by atoms with Gasteiger partial charge < -0.3 is 4.90 Å². The van der Waals surface area contributed by atoms with Crippen molar-refractivity contribution in [1.82, 2.24) is 15.1 Å². The number of aliphatic imine (C=N–C) groups is 1. The molecule has 0 atom stereocenters. The first-order chi connectivity index (χ1) is 12.2. The Balaban J connectivity index is 1.70. The van der Waals surface area contributed by atoms with Gasteiger partial charge in [0.05, 0.1) is 6.54 Å². The lowest BCUT2D eigenvalue weighted by atomic mass is 9.90. The number of rotatable bonds is 7. The summed E-state index contributed by atoms with van der Waals surface area (Å²) in [6.45, 7) is 3.55. The van der Waals surface area contributed by atoms with E-state index >= 15 is 0 Å². The zero-order valence-electron chi connectivity index (χ0n) is 15.4. The van der Waals surface area contributed by atoms with Crippen LogP contribution in [-0.2, 0) is 0 Å². The molecular weight excluding hydrogens is 334 g/mol. The lowest BCUT2D eigenvalue weighted by Crippen LogP contribution is -2.31. The Morgan fingerprint density at radius 3 is 2.72 bits per heavy atom. The van der Waals surface area contributed by atoms with Crippen molar-refractivity contribution in [2.45, 2.75) is 70.6 Å². The first kappa shape index (κ1) is 18.3. The molecule has 1 aromatic heterocycles. The minimum Gasteiger partial charge on any atom is -0.320 e. The number of nitrogens with zero attached hydrogens (tertiary/aromatic N) is 5. The van der Waals surface area contributed by atoms with Crippen LogP contribution in [-0.4, -0.2) is 47.1 Å². The van der Waals surface area contributed by atoms with E-state index < -0.39 is 0 Å². The molecule has 2 fully saturated rings. The number of anilines is 1. The molecule has 1 saturated heterocycles. The van der Waals surface area contributed by atoms with Crippen LogP contribution in [0.1, 0.15) is 75.6 Å². The Bertz CT molecular complexity index is 608. The molecule has 7 heteroatoms. The highest BCUT2D eigenvalue weighted by Crippen LogP contribution is 2.36. The first-order valence-electron chi connectivity index (χ1n) is 9.62. The van der Waals surface area contributed by atoms with Gasteiger partial charge in [0.1, 0.15) is 10.8 Å². The van der Waals surface area contributed by atoms with Gasteiger partial charge in [0.2, 0.25) is 5.13 Å². The summed E-state index contributed by atoms with van der Waals surface area (Å²) in [6, 6.07) is -0.0429. The van der Waals surface area contributed by atoms with Gasteiger partial charge in [0.15, 0.2) is 0 Å². The third-order valence-corrected chi connectivity index (χ3v) is 6.11. The molecular formula is C18H29N5OS. The van der Waals surface area contributed by atoms with Crippen LogP contribution in [0.25, 0.3) is 0 Å². The van der Waals surface area contributed by atoms with E-state index in [-0.39, 0.29) is 6.03 Å². The molecule has 138 valence electrons. The molecule has 0 radical (unpaired) electrons. The highest BCUT2D eigenvalue weighted by molar-refractivity contribution is 7.15. The maximum absolute atomic E-state index is 12.5. The fourth-order valence-corrected chi connectivity index (χ4v) is 4.55. The molecule has 0 aromatic carbocycles. The van der Waals surface area contributed by atoms with E-state index in [4.69, 9.17) is 4.99 Å². The van der Waals surface area contributed by atoms with Crippen molar-refractivity contribution in [3.63, 3.8) is 0 Å². The lowest BCUT2D eigenvalue weighted by Gasteiger charge is -2.18. The molecule has 0 N–H and O–H groups in total. The highest BCUT2D eigenvalue weighted by atomic mass is 32.1. The van der Waals surface area contributed by atoms with Gasteiger partial charge in [-0.05, 0) is 19.3 Å². The monoisotopic (exact) mass is 363 g/mol. The van der Waals surface area contributed by atoms with E-state index in [0.29, 0.717) is 17.6 Å². The number of hydrogen-bond donors (Lipinski definition) is 0. The second kappa shape index (κ2) is 8.74. The lowest BCUT2D eigenvalue weighted by molar-refractivity contribution is 0.229. The number of likely N-dealkylation sites (N-methyl/N-ethyl adjacent to an activating group) is 1. The number of carbonyl (C=O) groups is 1. The minimum atomic E-state index is -0.0429. The molecule has 6 nitrogen and oxygen atoms in total. The van der Waals surface area contributed by atoms with Crippen LogP contribution in [0.15, 0.2) is 4.99 Å². The van der Waals surface area contributed by atoms with Crippen LogP contribution in [0.5, 0.6) is 0 Å². The number of hydrogen-bond acceptors (Lipinski definition) is 5. The molecule has 2 aliphatic rings. The Morgan fingerprint density at radius 1 is 1.16 bits per heavy atom. The van der Waals surface area contributed by atoms with E-state index in [0.717, 1.165) is 23.8 Å². The topological polar surface area (TPSA) is 61.7 Å². The second-order valence-electron chi connectivity index (χ2n) is 7.09. The van der Waals surface area contributed by atoms with Gasteiger partial charge in [0, 0.05) is 19.5 Å². The van der Waals surface area contributed by atoms with Gasteiger partial charge in [-0.1, -0.05) is 56.8 Å². The Kier molecular flexibility index (Phi) is 6.39. The third kappa shape index (κ3) is 4.37. The van der Waals surface area contributed by atoms with E-state index in [1.807, 2.05) is 7.05 Å². The summed E-state index contributed by atoms with van der Waals surface area (Å²) < 4.78 is 0. The van der Waals surface area contributed by atoms with Crippen LogP contribution >= 0.6 is 11.3 Å². The van der Waals surface area contributed by atoms with E-state index in [9.17, 15) is 4.79 Å². The molecule has 1 aromatic rings. The number of carbonyl (C=O) groups excluding carboxylic acids is 1. The quantitative estimate of drug-likeness (QED) is 0.673. The molecule has 3 rings (SSSR count). The van der Waals surface area contributed by atoms with E-state index in [1.54, 1.807) is 21.1 Å². The van der Waals surface area contributed by atoms with Crippen molar-refractivity contribution < 1.29 is 4.79 Å². The zero-order chi connectivity index (χ0) is 17.6. The van der Waals surface area contributed by atoms with Crippen molar-refractivity contribution in [1.29, 1.82) is 0 Å². The molecule has 1 aliphatic heterocycles. The molecule has 1 saturated carbocycles. The van der Waals surface area contributed by atoms with Crippen LogP contribution < -0.4 is 4.90 Å². The minimum absolute atomic E-state index is 0.0429. The van der Waals surface area contributed by atoms with Gasteiger partial charge in [-0.3, -0.25) is 4.99 Å². The standard InChI is InChI=1S/C18H29N5OS/c1-3-4-5-9-12-19-15-13-22(2)18(24)23(15)17-21-20-16(25-17)14-10-7-6-8-11-14/h14H,3-13H2,1-2H3. The predicted molar refractivity (Wildman–Crippen MR) is 103 cm³/mol. The number of amidine groups is 1. The Hall–Kier alpha value is -1.50. The first-order valence-corrected chi connectivity index (χ1v) is 10.4. The molecule has 2 amide bonds. The van der Waals surface area contributed by atoms with E-state index in [1.165, 1.54) is 51.4 Å². The summed E-state index contributed by atoms with van der Waals surface area (Å²) in [7, 11) is 1.82. The molecule has 1 aliphatic carbocycles. The summed E-state index contributed by atoms with van der Waals surface area (Å²) in [6.07, 6.45) is 11.0. The number of urea groups is 1. The van der Waals surface area contributed by atoms with Crippen LogP contribution in [0, 0.1) is 0 Å². The average molecular weight is 364 g/mol. The maximum Gasteiger partial charge on any atom is 0.332 e. The summed E-state index contributed by atoms with van der Waals surface area (Å²) in [5.74, 6) is 1.33. The normalized spacial score (nSPS) is 20.9. The van der Waals surface area contributed by atoms with Gasteiger partial charge in [-0.15, -0.1) is 10.2 Å².